The fraction of sp³-hybridized carbons (Fsp3) is 0.480. The number of hydrogen-bond acceptors (Lipinski definition) is 7. The Bertz CT molecular complexity index is 1250. The average Bonchev–Trinajstić information content (AvgIpc) is 3.15. The lowest BCUT2D eigenvalue weighted by Gasteiger charge is -2.38. The summed E-state index contributed by atoms with van der Waals surface area (Å²) in [7, 11) is 1.66. The normalized spacial score (nSPS) is 18.0. The number of carbonyl (C=O) groups excluding carboxylic acids is 1. The Hall–Kier alpha value is -2.50. The third-order valence-electron chi connectivity index (χ3n) is 5.94. The molecule has 36 heavy (non-hydrogen) atoms. The Morgan fingerprint density at radius 1 is 1.33 bits per heavy atom. The first-order valence-corrected chi connectivity index (χ1v) is 12.4. The molecule has 1 atom stereocenters. The number of methoxy groups -OCH3 is 1. The third-order valence-corrected chi connectivity index (χ3v) is 6.49. The number of aliphatic hydroxyl groups is 1. The fourth-order valence-electron chi connectivity index (χ4n) is 4.33. The number of benzene rings is 1. The molecule has 0 saturated carbocycles. The minimum atomic E-state index is -1.33. The first kappa shape index (κ1) is 28.1. The molecular formula is C25H34BrN5O4S. The van der Waals surface area contributed by atoms with Gasteiger partial charge in [-0.3, -0.25) is 4.40 Å². The molecule has 4 rings (SSSR count). The number of nitrogens with one attached hydrogen (secondary N) is 1. The predicted molar refractivity (Wildman–Crippen MR) is 147 cm³/mol. The van der Waals surface area contributed by atoms with Crippen LogP contribution < -0.4 is 10.1 Å². The van der Waals surface area contributed by atoms with E-state index in [-0.39, 0.29) is 20.0 Å². The molecule has 9 nitrogen and oxygen atoms in total. The number of nitrogens with zero attached hydrogens (tertiary/aromatic N) is 4. The number of likely N-dealkylation sites (tertiary alicyclic amines) is 1. The van der Waals surface area contributed by atoms with E-state index in [2.05, 4.69) is 31.2 Å². The van der Waals surface area contributed by atoms with Crippen LogP contribution in [0, 0.1) is 6.92 Å². The van der Waals surface area contributed by atoms with E-state index in [9.17, 15) is 9.90 Å². The van der Waals surface area contributed by atoms with E-state index < -0.39 is 17.3 Å². The standard InChI is InChI=1S/C25H32BrN5O4.H2S/c1-16-7-8-17(18(13-16)34-5)14-28-21-19-20(26)29-22(31(19)12-10-27-21)25(33)9-6-11-30(15-25)23(32)35-24(2,3)4;/h7-8,10,12-13,33H,6,9,11,14-15H2,1-5H3,(H,27,28);1H2/t25-;/m0./s1. The molecular weight excluding hydrogens is 546 g/mol. The largest absolute Gasteiger partial charge is 0.496 e. The van der Waals surface area contributed by atoms with Gasteiger partial charge in [-0.1, -0.05) is 12.1 Å². The zero-order chi connectivity index (χ0) is 25.4. The number of fused-ring (bicyclic) bond motifs is 1. The molecule has 0 aliphatic carbocycles. The zero-order valence-electron chi connectivity index (χ0n) is 21.3. The molecule has 1 fully saturated rings. The number of hydrogen-bond donors (Lipinski definition) is 2. The van der Waals surface area contributed by atoms with Gasteiger partial charge in [0.15, 0.2) is 5.82 Å². The maximum absolute atomic E-state index is 12.7. The highest BCUT2D eigenvalue weighted by Crippen LogP contribution is 2.36. The lowest BCUT2D eigenvalue weighted by atomic mass is 9.92. The Balaban J connectivity index is 0.00000361. The summed E-state index contributed by atoms with van der Waals surface area (Å²) < 4.78 is 13.4. The molecule has 2 N–H and O–H groups in total. The number of aryl methyl sites for hydroxylation is 1. The Kier molecular flexibility index (Phi) is 8.47. The van der Waals surface area contributed by atoms with Crippen molar-refractivity contribution in [2.45, 2.75) is 58.3 Å². The van der Waals surface area contributed by atoms with Gasteiger partial charge in [-0.25, -0.2) is 14.8 Å². The molecule has 196 valence electrons. The lowest BCUT2D eigenvalue weighted by molar-refractivity contribution is -0.0518. The van der Waals surface area contributed by atoms with Crippen LogP contribution in [0.4, 0.5) is 10.6 Å². The highest BCUT2D eigenvalue weighted by Gasteiger charge is 2.42. The first-order valence-electron chi connectivity index (χ1n) is 11.6. The molecule has 1 aliphatic heterocycles. The van der Waals surface area contributed by atoms with E-state index >= 15 is 0 Å². The number of piperidine rings is 1. The summed E-state index contributed by atoms with van der Waals surface area (Å²) in [6.45, 7) is 8.62. The minimum Gasteiger partial charge on any atom is -0.496 e. The van der Waals surface area contributed by atoms with Crippen LogP contribution in [0.25, 0.3) is 5.52 Å². The Labute approximate surface area is 226 Å². The highest BCUT2D eigenvalue weighted by atomic mass is 79.9. The number of rotatable bonds is 5. The van der Waals surface area contributed by atoms with Crippen molar-refractivity contribution in [3.05, 3.63) is 52.1 Å². The van der Waals surface area contributed by atoms with E-state index in [1.54, 1.807) is 24.4 Å². The van der Waals surface area contributed by atoms with E-state index in [0.717, 1.165) is 16.9 Å². The van der Waals surface area contributed by atoms with Gasteiger partial charge in [0.2, 0.25) is 0 Å². The second kappa shape index (κ2) is 10.9. The van der Waals surface area contributed by atoms with Crippen LogP contribution in [0.2, 0.25) is 0 Å². The maximum atomic E-state index is 12.7. The summed E-state index contributed by atoms with van der Waals surface area (Å²) >= 11 is 3.55. The molecule has 0 spiro atoms. The molecule has 1 saturated heterocycles. The van der Waals surface area contributed by atoms with E-state index in [0.29, 0.717) is 47.7 Å². The van der Waals surface area contributed by atoms with Crippen molar-refractivity contribution in [2.75, 3.05) is 25.5 Å². The third kappa shape index (κ3) is 5.90. The monoisotopic (exact) mass is 579 g/mol. The average molecular weight is 581 g/mol. The van der Waals surface area contributed by atoms with E-state index in [1.165, 1.54) is 0 Å². The SMILES string of the molecule is COc1cc(C)ccc1CNc1nccn2c([C@]3(O)CCCN(C(=O)OC(C)(C)C)C3)nc(Br)c12.S. The van der Waals surface area contributed by atoms with E-state index in [4.69, 9.17) is 9.47 Å². The molecule has 1 aliphatic rings. The summed E-state index contributed by atoms with van der Waals surface area (Å²) in [5.41, 5.74) is 0.883. The summed E-state index contributed by atoms with van der Waals surface area (Å²) in [5, 5.41) is 15.0. The van der Waals surface area contributed by atoms with Gasteiger partial charge < -0.3 is 24.8 Å². The van der Waals surface area contributed by atoms with E-state index in [1.807, 2.05) is 50.3 Å². The Morgan fingerprint density at radius 3 is 2.78 bits per heavy atom. The summed E-state index contributed by atoms with van der Waals surface area (Å²) in [5.74, 6) is 1.87. The molecule has 1 amide bonds. The molecule has 2 aromatic heterocycles. The van der Waals surface area contributed by atoms with Crippen LogP contribution in [-0.2, 0) is 16.9 Å². The first-order chi connectivity index (χ1) is 16.5. The summed E-state index contributed by atoms with van der Waals surface area (Å²) in [6.07, 6.45) is 4.10. The summed E-state index contributed by atoms with van der Waals surface area (Å²) in [6, 6.07) is 6.05. The number of imidazole rings is 1. The van der Waals surface area contributed by atoms with Gasteiger partial charge in [0.1, 0.15) is 32.9 Å². The fourth-order valence-corrected chi connectivity index (χ4v) is 4.88. The number of halogens is 1. The number of amides is 1. The van der Waals surface area contributed by atoms with Crippen LogP contribution in [0.15, 0.2) is 35.2 Å². The van der Waals surface area contributed by atoms with Gasteiger partial charge in [-0.05, 0) is 68.1 Å². The number of carbonyl (C=O) groups is 1. The summed E-state index contributed by atoms with van der Waals surface area (Å²) in [4.78, 5) is 23.4. The van der Waals surface area contributed by atoms with Crippen molar-refractivity contribution in [3.8, 4) is 5.75 Å². The highest BCUT2D eigenvalue weighted by molar-refractivity contribution is 9.10. The van der Waals surface area contributed by atoms with Crippen LogP contribution in [0.3, 0.4) is 0 Å². The van der Waals surface area contributed by atoms with Crippen molar-refractivity contribution in [1.82, 2.24) is 19.3 Å². The minimum absolute atomic E-state index is 0. The van der Waals surface area contributed by atoms with Gasteiger partial charge in [-0.15, -0.1) is 0 Å². The van der Waals surface area contributed by atoms with Crippen molar-refractivity contribution in [3.63, 3.8) is 0 Å². The van der Waals surface area contributed by atoms with Crippen molar-refractivity contribution >= 4 is 46.9 Å². The van der Waals surface area contributed by atoms with Crippen molar-refractivity contribution in [2.24, 2.45) is 0 Å². The predicted octanol–water partition coefficient (Wildman–Crippen LogP) is 4.75. The number of anilines is 1. The molecule has 0 bridgehead atoms. The molecule has 0 unspecified atom stereocenters. The Morgan fingerprint density at radius 2 is 2.08 bits per heavy atom. The molecule has 3 aromatic rings. The van der Waals surface area contributed by atoms with Gasteiger partial charge in [-0.2, -0.15) is 13.5 Å². The van der Waals surface area contributed by atoms with Crippen LogP contribution in [-0.4, -0.2) is 56.3 Å². The molecule has 11 heteroatoms. The van der Waals surface area contributed by atoms with Gasteiger partial charge in [0, 0.05) is 31.0 Å². The van der Waals surface area contributed by atoms with Crippen LogP contribution >= 0.6 is 29.4 Å². The van der Waals surface area contributed by atoms with Gasteiger partial charge in [0.25, 0.3) is 0 Å². The van der Waals surface area contributed by atoms with Crippen molar-refractivity contribution < 1.29 is 19.4 Å². The van der Waals surface area contributed by atoms with Gasteiger partial charge in [0.05, 0.1) is 13.7 Å². The topological polar surface area (TPSA) is 101 Å². The van der Waals surface area contributed by atoms with Crippen molar-refractivity contribution in [1.29, 1.82) is 0 Å². The second-order valence-corrected chi connectivity index (χ2v) is 10.7. The molecule has 0 radical (unpaired) electrons. The molecule has 1 aromatic carbocycles. The van der Waals surface area contributed by atoms with Crippen LogP contribution in [0.5, 0.6) is 5.75 Å². The zero-order valence-corrected chi connectivity index (χ0v) is 23.8. The number of ether oxygens (including phenoxy) is 2. The quantitative estimate of drug-likeness (QED) is 0.449. The smallest absolute Gasteiger partial charge is 0.410 e. The maximum Gasteiger partial charge on any atom is 0.410 e. The lowest BCUT2D eigenvalue weighted by Crippen LogP contribution is -2.50. The number of aromatic nitrogens is 3. The van der Waals surface area contributed by atoms with Crippen LogP contribution in [0.1, 0.15) is 50.6 Å². The second-order valence-electron chi connectivity index (χ2n) is 9.93. The van der Waals surface area contributed by atoms with Gasteiger partial charge >= 0.3 is 6.09 Å². The molecule has 3 heterocycles. The number of β-amino-alcohol motifs (C(OH)–C–C–N with tert-alkyl or cyclic N) is 1.